The second-order valence-corrected chi connectivity index (χ2v) is 51.3. The van der Waals surface area contributed by atoms with Crippen molar-refractivity contribution in [3.05, 3.63) is 172 Å². The molecule has 42 heteroatoms. The number of ether oxygens (including phenoxy) is 2. The Labute approximate surface area is 823 Å². The summed E-state index contributed by atoms with van der Waals surface area (Å²) in [6, 6.07) is 35.7. The SMILES string of the molecule is CC(C)(C)OC(=O)N1CC=C(c2cc3ncnc(-c4ccc(NS(=O)(=O)C5CC5)cc4)c3s2)CC1.CC(C)(C)OC(=O)N1CC=C(c2cc3ncnc(Cl)c3s2)CC1.CC1(C)OB(c2ccc(N)cc2)OC1(C)C.CC1(C)OB(c2ccc(NS(=O)(=O)C3CC3)cc2)OC1(C)C.O=C(O)C1CC1.O=S(=O)(Cl)C1CC1.O=S(=O)(Nc1ccc(-c2ncnc3cc(C4=CCNCC4)sc23)cc1)C1CC1. The Morgan fingerprint density at radius 3 is 1.10 bits per heavy atom. The Morgan fingerprint density at radius 2 is 0.810 bits per heavy atom. The number of hydrogen-bond acceptors (Lipinski definition) is 28. The molecule has 5 saturated carbocycles. The van der Waals surface area contributed by atoms with Crippen LogP contribution in [-0.2, 0) is 72.0 Å². The Kier molecular flexibility index (Phi) is 31.7. The highest BCUT2D eigenvalue weighted by molar-refractivity contribution is 8.14. The van der Waals surface area contributed by atoms with Gasteiger partial charge in [0.25, 0.3) is 0 Å². The molecule has 137 heavy (non-hydrogen) atoms. The van der Waals surface area contributed by atoms with E-state index in [9.17, 15) is 48.1 Å². The number of amides is 2. The molecule has 7 N–H and O–H groups in total. The number of carboxylic acids is 1. The van der Waals surface area contributed by atoms with E-state index in [1.165, 1.54) is 27.9 Å². The molecule has 2 saturated heterocycles. The highest BCUT2D eigenvalue weighted by Gasteiger charge is 2.53. The largest absolute Gasteiger partial charge is 0.494 e. The molecule has 7 fully saturated rings. The zero-order valence-electron chi connectivity index (χ0n) is 79.1. The zero-order chi connectivity index (χ0) is 98.8. The van der Waals surface area contributed by atoms with Crippen molar-refractivity contribution >= 4 is 209 Å². The van der Waals surface area contributed by atoms with Crippen molar-refractivity contribution < 1.29 is 81.3 Å². The van der Waals surface area contributed by atoms with E-state index in [1.807, 2.05) is 164 Å². The average molecular weight is 2050 g/mol. The third kappa shape index (κ3) is 27.7. The maximum Gasteiger partial charge on any atom is 0.494 e. The molecule has 732 valence electrons. The van der Waals surface area contributed by atoms with Crippen LogP contribution < -0.4 is 36.1 Å². The molecular weight excluding hydrogens is 1930 g/mol. The number of carboxylic acid groups (broad SMARTS) is 1. The molecule has 10 aliphatic rings. The Hall–Kier alpha value is -9.26. The summed E-state index contributed by atoms with van der Waals surface area (Å²) in [4.78, 5) is 67.3. The molecule has 6 aromatic heterocycles. The Morgan fingerprint density at radius 1 is 0.474 bits per heavy atom. The highest BCUT2D eigenvalue weighted by atomic mass is 35.7. The third-order valence-electron chi connectivity index (χ3n) is 24.4. The molecule has 0 bridgehead atoms. The van der Waals surface area contributed by atoms with Gasteiger partial charge in [0, 0.05) is 91.9 Å². The van der Waals surface area contributed by atoms with Crippen LogP contribution in [0.15, 0.2) is 152 Å². The number of nitrogens with zero attached hydrogens (tertiary/aromatic N) is 8. The van der Waals surface area contributed by atoms with Gasteiger partial charge in [0.1, 0.15) is 35.3 Å². The van der Waals surface area contributed by atoms with Gasteiger partial charge in [-0.2, -0.15) is 0 Å². The molecule has 0 spiro atoms. The summed E-state index contributed by atoms with van der Waals surface area (Å²) in [5, 5.41) is 10.9. The predicted octanol–water partition coefficient (Wildman–Crippen LogP) is 18.0. The fraction of sp³-hybridized carbons (Fsp3) is 0.463. The molecule has 5 aliphatic heterocycles. The van der Waals surface area contributed by atoms with Crippen molar-refractivity contribution in [3.63, 3.8) is 0 Å². The van der Waals surface area contributed by atoms with Gasteiger partial charge in [-0.05, 0) is 281 Å². The monoisotopic (exact) mass is 2040 g/mol. The fourth-order valence-corrected chi connectivity index (χ4v) is 23.4. The minimum atomic E-state index is -3.29. The molecule has 0 radical (unpaired) electrons. The van der Waals surface area contributed by atoms with E-state index < -0.39 is 63.4 Å². The summed E-state index contributed by atoms with van der Waals surface area (Å²) in [5.41, 5.74) is 17.6. The topological polar surface area (TPSA) is 421 Å². The van der Waals surface area contributed by atoms with Gasteiger partial charge in [0.15, 0.2) is 0 Å². The lowest BCUT2D eigenvalue weighted by atomic mass is 9.79. The molecule has 5 aliphatic carbocycles. The maximum absolute atomic E-state index is 12.4. The average Bonchev–Trinajstić information content (AvgIpc) is 1.63. The first kappa shape index (κ1) is 104. The summed E-state index contributed by atoms with van der Waals surface area (Å²) in [5.74, 6) is -0.611. The van der Waals surface area contributed by atoms with Gasteiger partial charge < -0.3 is 54.0 Å². The summed E-state index contributed by atoms with van der Waals surface area (Å²) in [6.07, 6.45) is 20.8. The number of benzene rings is 4. The fourth-order valence-electron chi connectivity index (χ4n) is 14.3. The lowest BCUT2D eigenvalue weighted by molar-refractivity contribution is -0.138. The first-order chi connectivity index (χ1) is 64.4. The van der Waals surface area contributed by atoms with Gasteiger partial charge in [0.05, 0.1) is 91.4 Å². The summed E-state index contributed by atoms with van der Waals surface area (Å²) < 4.78 is 138. The summed E-state index contributed by atoms with van der Waals surface area (Å²) in [7, 11) is -8.75. The van der Waals surface area contributed by atoms with Crippen LogP contribution in [0.5, 0.6) is 0 Å². The first-order valence-electron chi connectivity index (χ1n) is 45.6. The van der Waals surface area contributed by atoms with E-state index >= 15 is 0 Å². The molecule has 11 heterocycles. The van der Waals surface area contributed by atoms with E-state index in [-0.39, 0.29) is 68.6 Å². The van der Waals surface area contributed by atoms with E-state index in [2.05, 4.69) is 79.7 Å². The molecule has 31 nitrogen and oxygen atoms in total. The number of nitrogen functional groups attached to an aromatic ring is 1. The van der Waals surface area contributed by atoms with Crippen LogP contribution in [0.2, 0.25) is 5.15 Å². The molecule has 20 rings (SSSR count). The van der Waals surface area contributed by atoms with Crippen molar-refractivity contribution in [1.29, 1.82) is 0 Å². The number of anilines is 4. The number of fused-ring (bicyclic) bond motifs is 3. The number of aliphatic carboxylic acids is 1. The third-order valence-corrected chi connectivity index (χ3v) is 36.0. The zero-order valence-corrected chi connectivity index (χ0v) is 86.3. The molecule has 0 unspecified atom stereocenters. The number of halogens is 2. The minimum Gasteiger partial charge on any atom is -0.481 e. The van der Waals surface area contributed by atoms with Gasteiger partial charge in [-0.3, -0.25) is 19.0 Å². The van der Waals surface area contributed by atoms with Crippen molar-refractivity contribution in [2.75, 3.05) is 59.2 Å². The van der Waals surface area contributed by atoms with Crippen molar-refractivity contribution in [1.82, 2.24) is 45.0 Å². The maximum atomic E-state index is 12.4. The normalized spacial score (nSPS) is 18.9. The number of sulfonamides is 3. The number of rotatable bonds is 18. The second-order valence-electron chi connectivity index (χ2n) is 39.0. The number of hydrogen-bond donors (Lipinski definition) is 6. The van der Waals surface area contributed by atoms with Crippen molar-refractivity contribution in [2.24, 2.45) is 5.92 Å². The second kappa shape index (κ2) is 41.9. The number of carbonyl (C=O) groups excluding carboxylic acids is 2. The van der Waals surface area contributed by atoms with Crippen LogP contribution in [0, 0.1) is 5.92 Å². The van der Waals surface area contributed by atoms with Gasteiger partial charge in [-0.15, -0.1) is 34.0 Å². The lowest BCUT2D eigenvalue weighted by Crippen LogP contribution is -2.41. The molecule has 2 amide bonds. The predicted molar refractivity (Wildman–Crippen MR) is 548 cm³/mol. The highest BCUT2D eigenvalue weighted by Crippen LogP contribution is 2.44. The molecule has 10 aromatic rings. The van der Waals surface area contributed by atoms with Crippen LogP contribution in [-0.4, -0.2) is 205 Å². The van der Waals surface area contributed by atoms with E-state index in [4.69, 9.17) is 61.2 Å². The Bertz CT molecular complexity index is 6620. The number of thiophene rings is 3. The van der Waals surface area contributed by atoms with Gasteiger partial charge in [-0.25, -0.2) is 73.2 Å². The van der Waals surface area contributed by atoms with Crippen LogP contribution in [0.4, 0.5) is 32.3 Å². The number of aromatic nitrogens is 6. The number of nitrogens with two attached hydrogens (primary N) is 1. The Balaban J connectivity index is 0.000000134. The smallest absolute Gasteiger partial charge is 0.481 e. The lowest BCUT2D eigenvalue weighted by Gasteiger charge is -2.32. The number of carbonyl (C=O) groups is 3. The first-order valence-corrected chi connectivity index (χ1v) is 55.4. The summed E-state index contributed by atoms with van der Waals surface area (Å²) >= 11 is 11.0. The van der Waals surface area contributed by atoms with Crippen LogP contribution in [0.1, 0.15) is 195 Å². The standard InChI is InChI=1S/C25H28N4O4S2.C20H20N4O2S2.C16H18ClN3O2S.C15H22BNO4S.C12H18BNO2.C4H6O2.C3H5ClO2S/c1-25(2,3)33-24(30)29-12-10-16(11-13-29)21-14-20-23(34-21)22(27-15-26-20)17-4-6-18(7-5-17)28-35(31,32)19-8-9-19;25-28(26,16-5-6-16)24-15-3-1-14(2-4-15)19-20-17(22-12-23-19)11-18(27-20)13-7-9-21-10-8-13;1-16(2,3)22-15(21)20-6-4-10(5-7-20)12-8-11-13(23-12)14(17)19-9-18-11;1-14(2)15(3,4)21-16(20-14)11-5-7-12(8-6-11)17-22(18,19)13-9-10-13;1-11(2)12(3,4)16-13(15-11)9-5-7-10(14)8-6-9;5-4(6)3-1-2-3;4-7(5,6)3-1-2-3/h4-7,10,14-15,19,28H,8-9,11-13H2,1-3H3;1-4,7,11-12,16,21,24H,5-6,8-10H2;4,8-9H,5-7H2,1-3H3;5-8,13,17H,9-10H2,1-4H3;5-8H,14H2,1-4H3;3H,1-2H2,(H,5,6);3H,1-2H2. The van der Waals surface area contributed by atoms with Crippen LogP contribution in [0.25, 0.3) is 69.9 Å². The van der Waals surface area contributed by atoms with E-state index in [1.54, 1.807) is 92.9 Å². The number of nitrogens with one attached hydrogen (secondary N) is 4. The molecule has 0 atom stereocenters. The van der Waals surface area contributed by atoms with Crippen LogP contribution >= 0.6 is 56.3 Å². The van der Waals surface area contributed by atoms with Gasteiger partial charge in [0.2, 0.25) is 39.1 Å². The van der Waals surface area contributed by atoms with Gasteiger partial charge >= 0.3 is 32.4 Å². The summed E-state index contributed by atoms with van der Waals surface area (Å²) in [6.45, 7) is 31.6. The van der Waals surface area contributed by atoms with E-state index in [0.29, 0.717) is 48.4 Å². The van der Waals surface area contributed by atoms with Crippen molar-refractivity contribution in [3.8, 4) is 22.5 Å². The van der Waals surface area contributed by atoms with E-state index in [0.717, 1.165) is 176 Å². The van der Waals surface area contributed by atoms with Crippen LogP contribution in [0.3, 0.4) is 0 Å². The molecule has 4 aromatic carbocycles. The van der Waals surface area contributed by atoms with Crippen molar-refractivity contribution in [2.45, 2.75) is 235 Å². The minimum absolute atomic E-state index is 0.0185. The quantitative estimate of drug-likeness (QED) is 0.0201. The molecular formula is C95H117B2Cl2N13O18S7. The van der Waals surface area contributed by atoms with Gasteiger partial charge in [-0.1, -0.05) is 78.4 Å².